The fourth-order valence-corrected chi connectivity index (χ4v) is 6.94. The number of hydrogen-bond acceptors (Lipinski definition) is 6. The number of fused-ring (bicyclic) bond motifs is 1. The molecule has 9 nitrogen and oxygen atoms in total. The van der Waals surface area contributed by atoms with Crippen LogP contribution in [0.4, 0.5) is 28.8 Å². The number of aliphatic hydroxyl groups excluding tert-OH is 1. The van der Waals surface area contributed by atoms with E-state index < -0.39 is 42.3 Å². The molecule has 0 saturated heterocycles. The number of rotatable bonds is 9. The van der Waals surface area contributed by atoms with Crippen molar-refractivity contribution in [2.75, 3.05) is 16.8 Å². The number of halogens is 4. The van der Waals surface area contributed by atoms with Gasteiger partial charge in [-0.05, 0) is 66.3 Å². The van der Waals surface area contributed by atoms with Crippen molar-refractivity contribution in [2.45, 2.75) is 56.8 Å². The van der Waals surface area contributed by atoms with Crippen LogP contribution < -0.4 is 15.5 Å². The molecule has 0 radical (unpaired) electrons. The average molecular weight is 720 g/mol. The van der Waals surface area contributed by atoms with Gasteiger partial charge in [-0.2, -0.15) is 13.2 Å². The molecule has 1 saturated carbocycles. The van der Waals surface area contributed by atoms with Crippen molar-refractivity contribution in [3.63, 3.8) is 0 Å². The molecule has 5 rings (SSSR count). The number of benzene rings is 3. The highest BCUT2D eigenvalue weighted by Gasteiger charge is 2.34. The molecule has 1 fully saturated rings. The topological polar surface area (TPSA) is 132 Å². The zero-order valence-electron chi connectivity index (χ0n) is 24.3. The number of anilines is 2. The fourth-order valence-electron chi connectivity index (χ4n) is 5.34. The number of carboxylic acid groups (broad SMARTS) is 1. The highest BCUT2D eigenvalue weighted by Crippen LogP contribution is 2.39. The molecule has 4 N–H and O–H groups in total. The van der Waals surface area contributed by atoms with E-state index in [9.17, 15) is 32.7 Å². The number of amides is 3. The molecule has 3 aromatic carbocycles. The van der Waals surface area contributed by atoms with E-state index in [4.69, 9.17) is 5.11 Å². The standard InChI is InChI=1S/C32H30BrF3N4O5S/c33-24-15-27-25(14-23(24)32(34,35)36)38-30(46-27)39-31(45)40(22-12-10-20(11-13-22)19-4-2-1-3-5-19)17-18-6-8-21(9-7-18)28(42)37-16-26(41)29(43)44/h6-15,19,26,41H,1-5,16-17H2,(H,37,42)(H,43,44)(H,38,39,45). The minimum atomic E-state index is -4.57. The van der Waals surface area contributed by atoms with E-state index in [-0.39, 0.29) is 27.2 Å². The van der Waals surface area contributed by atoms with Gasteiger partial charge in [0.25, 0.3) is 5.91 Å². The van der Waals surface area contributed by atoms with Gasteiger partial charge in [0.2, 0.25) is 0 Å². The van der Waals surface area contributed by atoms with Crippen LogP contribution in [0.3, 0.4) is 0 Å². The highest BCUT2D eigenvalue weighted by molar-refractivity contribution is 9.10. The number of carbonyl (C=O) groups is 3. The molecular formula is C32H30BrF3N4O5S. The molecule has 1 unspecified atom stereocenters. The summed E-state index contributed by atoms with van der Waals surface area (Å²) in [7, 11) is 0. The molecule has 1 aliphatic carbocycles. The van der Waals surface area contributed by atoms with Crippen LogP contribution in [0.2, 0.25) is 0 Å². The van der Waals surface area contributed by atoms with Crippen molar-refractivity contribution < 1.29 is 37.8 Å². The average Bonchev–Trinajstić information content (AvgIpc) is 3.43. The van der Waals surface area contributed by atoms with E-state index in [2.05, 4.69) is 31.5 Å². The van der Waals surface area contributed by atoms with Crippen LogP contribution in [0.1, 0.15) is 65.1 Å². The van der Waals surface area contributed by atoms with E-state index in [0.717, 1.165) is 30.2 Å². The van der Waals surface area contributed by atoms with Gasteiger partial charge in [0.05, 0.1) is 28.9 Å². The van der Waals surface area contributed by atoms with Crippen LogP contribution in [0.25, 0.3) is 10.2 Å². The minimum absolute atomic E-state index is 0.0862. The van der Waals surface area contributed by atoms with Crippen molar-refractivity contribution in [1.29, 1.82) is 0 Å². The van der Waals surface area contributed by atoms with E-state index in [1.807, 2.05) is 24.3 Å². The molecule has 0 bridgehead atoms. The first-order valence-electron chi connectivity index (χ1n) is 14.5. The van der Waals surface area contributed by atoms with Crippen molar-refractivity contribution in [1.82, 2.24) is 10.3 Å². The molecule has 46 heavy (non-hydrogen) atoms. The van der Waals surface area contributed by atoms with Crippen LogP contribution in [-0.2, 0) is 17.5 Å². The third-order valence-electron chi connectivity index (χ3n) is 7.82. The van der Waals surface area contributed by atoms with Crippen LogP contribution in [0.15, 0.2) is 65.1 Å². The van der Waals surface area contributed by atoms with Crippen LogP contribution in [0.5, 0.6) is 0 Å². The van der Waals surface area contributed by atoms with E-state index in [1.54, 1.807) is 12.1 Å². The lowest BCUT2D eigenvalue weighted by atomic mass is 9.84. The number of nitrogens with one attached hydrogen (secondary N) is 2. The molecule has 1 aliphatic rings. The number of aliphatic carboxylic acids is 1. The molecule has 242 valence electrons. The zero-order chi connectivity index (χ0) is 33.0. The van der Waals surface area contributed by atoms with Crippen LogP contribution >= 0.6 is 27.3 Å². The molecule has 14 heteroatoms. The van der Waals surface area contributed by atoms with Crippen LogP contribution in [-0.4, -0.2) is 45.8 Å². The molecule has 3 amide bonds. The van der Waals surface area contributed by atoms with Gasteiger partial charge in [0.15, 0.2) is 11.2 Å². The molecule has 1 atom stereocenters. The molecule has 4 aromatic rings. The Morgan fingerprint density at radius 2 is 1.70 bits per heavy atom. The first-order chi connectivity index (χ1) is 21.9. The Labute approximate surface area is 274 Å². The smallest absolute Gasteiger partial charge is 0.417 e. The zero-order valence-corrected chi connectivity index (χ0v) is 26.7. The van der Waals surface area contributed by atoms with Crippen molar-refractivity contribution in [2.24, 2.45) is 0 Å². The lowest BCUT2D eigenvalue weighted by molar-refractivity contribution is -0.146. The van der Waals surface area contributed by atoms with Crippen molar-refractivity contribution in [3.05, 3.63) is 87.4 Å². The molecule has 1 heterocycles. The predicted octanol–water partition coefficient (Wildman–Crippen LogP) is 7.54. The second-order valence-corrected chi connectivity index (χ2v) is 12.9. The van der Waals surface area contributed by atoms with Gasteiger partial charge >= 0.3 is 18.2 Å². The van der Waals surface area contributed by atoms with E-state index in [1.165, 1.54) is 47.9 Å². The summed E-state index contributed by atoms with van der Waals surface area (Å²) in [5, 5.41) is 23.4. The van der Waals surface area contributed by atoms with Crippen molar-refractivity contribution >= 4 is 66.2 Å². The highest BCUT2D eigenvalue weighted by atomic mass is 79.9. The maximum absolute atomic E-state index is 13.7. The third kappa shape index (κ3) is 8.03. The third-order valence-corrected chi connectivity index (χ3v) is 9.41. The lowest BCUT2D eigenvalue weighted by Crippen LogP contribution is -2.36. The lowest BCUT2D eigenvalue weighted by Gasteiger charge is -2.25. The summed E-state index contributed by atoms with van der Waals surface area (Å²) in [6, 6.07) is 15.8. The summed E-state index contributed by atoms with van der Waals surface area (Å²) in [4.78, 5) is 42.6. The normalized spacial score (nSPS) is 14.5. The maximum Gasteiger partial charge on any atom is 0.417 e. The number of nitrogens with zero attached hydrogens (tertiary/aromatic N) is 2. The Bertz CT molecular complexity index is 1720. The second kappa shape index (κ2) is 14.2. The Hall–Kier alpha value is -4.01. The van der Waals surface area contributed by atoms with Gasteiger partial charge < -0.3 is 15.5 Å². The first-order valence-corrected chi connectivity index (χ1v) is 16.1. The van der Waals surface area contributed by atoms with Gasteiger partial charge in [-0.25, -0.2) is 14.6 Å². The number of urea groups is 1. The molecule has 0 aliphatic heterocycles. The number of thiazole rings is 1. The number of carboxylic acids is 1. The Morgan fingerprint density at radius 3 is 2.33 bits per heavy atom. The number of aromatic nitrogens is 1. The Kier molecular flexibility index (Phi) is 10.3. The number of hydrogen-bond donors (Lipinski definition) is 4. The van der Waals surface area contributed by atoms with Crippen molar-refractivity contribution in [3.8, 4) is 0 Å². The number of carbonyl (C=O) groups excluding carboxylic acids is 2. The fraction of sp³-hybridized carbons (Fsp3) is 0.312. The van der Waals surface area contributed by atoms with Gasteiger partial charge in [0, 0.05) is 15.7 Å². The largest absolute Gasteiger partial charge is 0.479 e. The molecular weight excluding hydrogens is 689 g/mol. The summed E-state index contributed by atoms with van der Waals surface area (Å²) < 4.78 is 40.6. The van der Waals surface area contributed by atoms with E-state index in [0.29, 0.717) is 21.9 Å². The summed E-state index contributed by atoms with van der Waals surface area (Å²) >= 11 is 4.02. The van der Waals surface area contributed by atoms with Gasteiger partial charge in [-0.3, -0.25) is 15.0 Å². The van der Waals surface area contributed by atoms with E-state index >= 15 is 0 Å². The Morgan fingerprint density at radius 1 is 1.02 bits per heavy atom. The van der Waals surface area contributed by atoms with Crippen LogP contribution in [0, 0.1) is 0 Å². The summed E-state index contributed by atoms with van der Waals surface area (Å²) in [5.41, 5.74) is 1.92. The molecule has 1 aromatic heterocycles. The number of alkyl halides is 3. The first kappa shape index (κ1) is 33.4. The van der Waals surface area contributed by atoms with Gasteiger partial charge in [-0.1, -0.05) is 70.8 Å². The quantitative estimate of drug-likeness (QED) is 0.141. The summed E-state index contributed by atoms with van der Waals surface area (Å²) in [6.07, 6.45) is -0.491. The predicted molar refractivity (Wildman–Crippen MR) is 172 cm³/mol. The van der Waals surface area contributed by atoms with Gasteiger partial charge in [-0.15, -0.1) is 0 Å². The summed E-state index contributed by atoms with van der Waals surface area (Å²) in [5.74, 6) is -1.56. The maximum atomic E-state index is 13.7. The van der Waals surface area contributed by atoms with Gasteiger partial charge in [0.1, 0.15) is 0 Å². The molecule has 0 spiro atoms. The second-order valence-electron chi connectivity index (χ2n) is 11.0. The SMILES string of the molecule is O=C(NCC(O)C(=O)O)c1ccc(CN(C(=O)Nc2nc3cc(C(F)(F)F)c(Br)cc3s2)c2ccc(C3CCCCC3)cc2)cc1. The summed E-state index contributed by atoms with van der Waals surface area (Å²) in [6.45, 7) is -0.371. The monoisotopic (exact) mass is 718 g/mol. The Balaban J connectivity index is 1.37. The number of aliphatic hydroxyl groups is 1. The minimum Gasteiger partial charge on any atom is -0.479 e.